The predicted molar refractivity (Wildman–Crippen MR) is 117 cm³/mol. The number of morpholine rings is 1. The molecule has 31 heavy (non-hydrogen) atoms. The summed E-state index contributed by atoms with van der Waals surface area (Å²) in [6.07, 6.45) is 4.10. The summed E-state index contributed by atoms with van der Waals surface area (Å²) < 4.78 is 11.7. The van der Waals surface area contributed by atoms with Crippen LogP contribution in [0.15, 0.2) is 42.7 Å². The van der Waals surface area contributed by atoms with Crippen molar-refractivity contribution in [2.75, 3.05) is 37.7 Å². The lowest BCUT2D eigenvalue weighted by Crippen LogP contribution is -2.36. The molecule has 0 spiro atoms. The summed E-state index contributed by atoms with van der Waals surface area (Å²) in [6.45, 7) is 5.39. The molecule has 0 aliphatic carbocycles. The van der Waals surface area contributed by atoms with Gasteiger partial charge in [0.2, 0.25) is 0 Å². The third kappa shape index (κ3) is 4.97. The molecule has 3 aromatic rings. The molecule has 0 saturated carbocycles. The van der Waals surface area contributed by atoms with Crippen LogP contribution in [0.2, 0.25) is 0 Å². The zero-order chi connectivity index (χ0) is 21.6. The Morgan fingerprint density at radius 3 is 2.71 bits per heavy atom. The number of aryl methyl sites for hydroxylation is 1. The summed E-state index contributed by atoms with van der Waals surface area (Å²) in [5, 5.41) is 9.37. The van der Waals surface area contributed by atoms with Crippen LogP contribution in [0.4, 0.5) is 5.82 Å². The molecular formula is C23H24N6O2. The largest absolute Gasteiger partial charge is 0.456 e. The molecule has 3 heterocycles. The van der Waals surface area contributed by atoms with E-state index in [0.717, 1.165) is 35.9 Å². The van der Waals surface area contributed by atoms with Crippen LogP contribution in [-0.2, 0) is 11.2 Å². The number of hydrogen-bond donors (Lipinski definition) is 1. The molecule has 0 atom stereocenters. The van der Waals surface area contributed by atoms with Gasteiger partial charge in [-0.1, -0.05) is 0 Å². The van der Waals surface area contributed by atoms with Crippen LogP contribution in [0, 0.1) is 18.3 Å². The molecule has 4 rings (SSSR count). The highest BCUT2D eigenvalue weighted by Gasteiger charge is 2.16. The van der Waals surface area contributed by atoms with E-state index in [-0.39, 0.29) is 0 Å². The third-order valence-electron chi connectivity index (χ3n) is 4.97. The number of nitriles is 1. The molecule has 1 aromatic carbocycles. The predicted octanol–water partition coefficient (Wildman–Crippen LogP) is 2.85. The summed E-state index contributed by atoms with van der Waals surface area (Å²) in [5.41, 5.74) is 9.21. The van der Waals surface area contributed by atoms with Crippen molar-refractivity contribution < 1.29 is 9.47 Å². The van der Waals surface area contributed by atoms with Crippen molar-refractivity contribution in [2.24, 2.45) is 5.73 Å². The highest BCUT2D eigenvalue weighted by Crippen LogP contribution is 2.34. The third-order valence-corrected chi connectivity index (χ3v) is 4.97. The maximum Gasteiger partial charge on any atom is 0.138 e. The minimum absolute atomic E-state index is 0.505. The molecule has 0 radical (unpaired) electrons. The molecule has 0 amide bonds. The minimum Gasteiger partial charge on any atom is -0.456 e. The number of rotatable bonds is 6. The maximum absolute atomic E-state index is 9.37. The van der Waals surface area contributed by atoms with E-state index in [0.29, 0.717) is 48.9 Å². The Labute approximate surface area is 181 Å². The number of aromatic nitrogens is 3. The van der Waals surface area contributed by atoms with Gasteiger partial charge < -0.3 is 20.1 Å². The fraction of sp³-hybridized carbons (Fsp3) is 0.304. The standard InChI is InChI=1S/C23H24N6O2/c1-16-10-19(12-23(28-16)29-6-8-30-9-7-29)31-22-11-17(13-25)2-3-20(22)21-15-26-18(4-5-24)14-27-21/h2-3,10-12,14-15H,4-9,24H2,1H3. The number of hydrogen-bond acceptors (Lipinski definition) is 8. The molecule has 0 unspecified atom stereocenters. The van der Waals surface area contributed by atoms with E-state index in [2.05, 4.69) is 25.9 Å². The van der Waals surface area contributed by atoms with Crippen molar-refractivity contribution in [3.8, 4) is 28.8 Å². The first-order valence-corrected chi connectivity index (χ1v) is 10.2. The van der Waals surface area contributed by atoms with E-state index >= 15 is 0 Å². The van der Waals surface area contributed by atoms with Gasteiger partial charge in [0.25, 0.3) is 0 Å². The molecule has 2 N–H and O–H groups in total. The van der Waals surface area contributed by atoms with Crippen LogP contribution in [0.25, 0.3) is 11.3 Å². The Kier molecular flexibility index (Phi) is 6.36. The van der Waals surface area contributed by atoms with Gasteiger partial charge in [-0.25, -0.2) is 4.98 Å². The highest BCUT2D eigenvalue weighted by atomic mass is 16.5. The molecule has 8 nitrogen and oxygen atoms in total. The maximum atomic E-state index is 9.37. The fourth-order valence-electron chi connectivity index (χ4n) is 3.42. The number of pyridine rings is 1. The van der Waals surface area contributed by atoms with E-state index in [1.54, 1.807) is 24.5 Å². The Balaban J connectivity index is 1.67. The molecule has 158 valence electrons. The fourth-order valence-corrected chi connectivity index (χ4v) is 3.42. The molecule has 1 aliphatic heterocycles. The summed E-state index contributed by atoms with van der Waals surface area (Å²) in [5.74, 6) is 2.04. The lowest BCUT2D eigenvalue weighted by atomic mass is 10.1. The zero-order valence-electron chi connectivity index (χ0n) is 17.4. The van der Waals surface area contributed by atoms with E-state index in [4.69, 9.17) is 15.2 Å². The quantitative estimate of drug-likeness (QED) is 0.653. The van der Waals surface area contributed by atoms with Crippen LogP contribution < -0.4 is 15.4 Å². The first kappa shape index (κ1) is 20.7. The second-order valence-electron chi connectivity index (χ2n) is 7.26. The molecule has 0 bridgehead atoms. The van der Waals surface area contributed by atoms with Crippen LogP contribution in [0.1, 0.15) is 17.0 Å². The Bertz CT molecular complexity index is 1090. The summed E-state index contributed by atoms with van der Waals surface area (Å²) >= 11 is 0. The van der Waals surface area contributed by atoms with Crippen LogP contribution >= 0.6 is 0 Å². The van der Waals surface area contributed by atoms with Gasteiger partial charge in [0.1, 0.15) is 17.3 Å². The van der Waals surface area contributed by atoms with Gasteiger partial charge in [-0.15, -0.1) is 0 Å². The summed E-state index contributed by atoms with van der Waals surface area (Å²) in [7, 11) is 0. The molecule has 8 heteroatoms. The Morgan fingerprint density at radius 2 is 2.00 bits per heavy atom. The molecule has 2 aromatic heterocycles. The van der Waals surface area contributed by atoms with E-state index in [9.17, 15) is 5.26 Å². The molecular weight excluding hydrogens is 392 g/mol. The van der Waals surface area contributed by atoms with Crippen molar-refractivity contribution in [1.82, 2.24) is 15.0 Å². The topological polar surface area (TPSA) is 110 Å². The van der Waals surface area contributed by atoms with Crippen molar-refractivity contribution in [2.45, 2.75) is 13.3 Å². The van der Waals surface area contributed by atoms with Crippen molar-refractivity contribution >= 4 is 5.82 Å². The van der Waals surface area contributed by atoms with Crippen LogP contribution in [0.5, 0.6) is 11.5 Å². The first-order valence-electron chi connectivity index (χ1n) is 10.2. The second kappa shape index (κ2) is 9.51. The van der Waals surface area contributed by atoms with Gasteiger partial charge >= 0.3 is 0 Å². The normalized spacial score (nSPS) is 13.6. The number of ether oxygens (including phenoxy) is 2. The number of anilines is 1. The molecule has 1 fully saturated rings. The average Bonchev–Trinajstić information content (AvgIpc) is 2.80. The number of benzene rings is 1. The summed E-state index contributed by atoms with van der Waals surface area (Å²) in [6, 6.07) is 11.3. The number of nitrogens with two attached hydrogens (primary N) is 1. The average molecular weight is 416 g/mol. The van der Waals surface area contributed by atoms with E-state index in [1.807, 2.05) is 25.1 Å². The van der Waals surface area contributed by atoms with E-state index < -0.39 is 0 Å². The lowest BCUT2D eigenvalue weighted by Gasteiger charge is -2.28. The lowest BCUT2D eigenvalue weighted by molar-refractivity contribution is 0.122. The monoisotopic (exact) mass is 416 g/mol. The van der Waals surface area contributed by atoms with Gasteiger partial charge in [-0.3, -0.25) is 9.97 Å². The molecule has 1 saturated heterocycles. The van der Waals surface area contributed by atoms with Crippen molar-refractivity contribution in [3.05, 3.63) is 59.7 Å². The Morgan fingerprint density at radius 1 is 1.16 bits per heavy atom. The first-order chi connectivity index (χ1) is 15.2. The smallest absolute Gasteiger partial charge is 0.138 e. The highest BCUT2D eigenvalue weighted by molar-refractivity contribution is 5.68. The minimum atomic E-state index is 0.505. The van der Waals surface area contributed by atoms with E-state index in [1.165, 1.54) is 0 Å². The molecule has 1 aliphatic rings. The Hall–Kier alpha value is -3.54. The summed E-state index contributed by atoms with van der Waals surface area (Å²) in [4.78, 5) is 15.8. The van der Waals surface area contributed by atoms with Gasteiger partial charge in [-0.2, -0.15) is 5.26 Å². The van der Waals surface area contributed by atoms with Crippen molar-refractivity contribution in [1.29, 1.82) is 5.26 Å². The van der Waals surface area contributed by atoms with Gasteiger partial charge in [0, 0.05) is 49.1 Å². The second-order valence-corrected chi connectivity index (χ2v) is 7.26. The van der Waals surface area contributed by atoms with Gasteiger partial charge in [0.15, 0.2) is 0 Å². The SMILES string of the molecule is Cc1cc(Oc2cc(C#N)ccc2-c2cnc(CCN)cn2)cc(N2CCOCC2)n1. The zero-order valence-corrected chi connectivity index (χ0v) is 17.4. The van der Waals surface area contributed by atoms with Gasteiger partial charge in [-0.05, 0) is 31.7 Å². The van der Waals surface area contributed by atoms with Gasteiger partial charge in [0.05, 0.1) is 42.4 Å². The van der Waals surface area contributed by atoms with Crippen LogP contribution in [0.3, 0.4) is 0 Å². The van der Waals surface area contributed by atoms with Crippen molar-refractivity contribution in [3.63, 3.8) is 0 Å². The van der Waals surface area contributed by atoms with Crippen LogP contribution in [-0.4, -0.2) is 47.8 Å². The number of nitrogens with zero attached hydrogens (tertiary/aromatic N) is 5.